The Hall–Kier alpha value is -3.79. The Morgan fingerprint density at radius 2 is 1.58 bits per heavy atom. The molecule has 0 fully saturated rings. The fraction of sp³-hybridized carbons (Fsp3) is 0.207. The molecule has 4 nitrogen and oxygen atoms in total. The highest BCUT2D eigenvalue weighted by molar-refractivity contribution is 5.87. The normalized spacial score (nSPS) is 11.8. The second-order valence-electron chi connectivity index (χ2n) is 8.67. The summed E-state index contributed by atoms with van der Waals surface area (Å²) in [5.41, 5.74) is 7.43. The number of pyridine rings is 2. The van der Waals surface area contributed by atoms with Gasteiger partial charge in [0.25, 0.3) is 0 Å². The number of anilines is 1. The Balaban J connectivity index is 1.46. The van der Waals surface area contributed by atoms with E-state index in [9.17, 15) is 4.79 Å². The molecule has 1 unspecified atom stereocenters. The van der Waals surface area contributed by atoms with E-state index in [0.29, 0.717) is 6.42 Å². The van der Waals surface area contributed by atoms with Crippen LogP contribution < -0.4 is 4.90 Å². The van der Waals surface area contributed by atoms with Crippen LogP contribution in [0.5, 0.6) is 0 Å². The second kappa shape index (κ2) is 9.78. The van der Waals surface area contributed by atoms with Crippen LogP contribution in [0.3, 0.4) is 0 Å². The summed E-state index contributed by atoms with van der Waals surface area (Å²) in [6.45, 7) is 3.98. The predicted molar refractivity (Wildman–Crippen MR) is 136 cm³/mol. The number of hydrogen-bond acceptors (Lipinski definition) is 4. The molecule has 0 radical (unpaired) electrons. The fourth-order valence-corrected chi connectivity index (χ4v) is 3.89. The Labute approximate surface area is 196 Å². The first-order valence-corrected chi connectivity index (χ1v) is 11.2. The highest BCUT2D eigenvalue weighted by Gasteiger charge is 2.16. The molecular weight excluding hydrogens is 406 g/mol. The summed E-state index contributed by atoms with van der Waals surface area (Å²) in [5.74, 6) is 0.950. The number of nitrogens with zero attached hydrogens (tertiary/aromatic N) is 3. The monoisotopic (exact) mass is 435 g/mol. The quantitative estimate of drug-likeness (QED) is 0.352. The van der Waals surface area contributed by atoms with Crippen molar-refractivity contribution in [2.24, 2.45) is 0 Å². The molecule has 0 bridgehead atoms. The average Bonchev–Trinajstić information content (AvgIpc) is 2.84. The number of aryl methyl sites for hydroxylation is 1. The van der Waals surface area contributed by atoms with E-state index in [4.69, 9.17) is 0 Å². The van der Waals surface area contributed by atoms with Crippen molar-refractivity contribution in [2.75, 3.05) is 19.0 Å². The minimum Gasteiger partial charge on any atom is -0.363 e. The van der Waals surface area contributed by atoms with Gasteiger partial charge in [-0.1, -0.05) is 55.5 Å². The SMILES string of the molecule is Cc1cc(-c2ccc(CC(=O)C(C)c3cccc(-c4ccc(N(C)C)nc4)c3)cc2)ccn1. The van der Waals surface area contributed by atoms with Gasteiger partial charge in [0.05, 0.1) is 0 Å². The molecule has 0 aliphatic carbocycles. The molecule has 4 rings (SSSR count). The molecule has 166 valence electrons. The van der Waals surface area contributed by atoms with Crippen molar-refractivity contribution in [2.45, 2.75) is 26.2 Å². The third-order valence-electron chi connectivity index (χ3n) is 5.97. The van der Waals surface area contributed by atoms with Gasteiger partial charge < -0.3 is 4.90 Å². The average molecular weight is 436 g/mol. The standard InChI is InChI=1S/C29H29N3O/c1-20-16-26(14-15-30-20)23-10-8-22(9-11-23)17-28(33)21(2)24-6-5-7-25(18-24)27-12-13-29(31-19-27)32(3)4/h5-16,18-19,21H,17H2,1-4H3. The van der Waals surface area contributed by atoms with Gasteiger partial charge in [-0.25, -0.2) is 4.98 Å². The van der Waals surface area contributed by atoms with Crippen molar-refractivity contribution in [3.63, 3.8) is 0 Å². The molecule has 0 amide bonds. The van der Waals surface area contributed by atoms with E-state index < -0.39 is 0 Å². The summed E-state index contributed by atoms with van der Waals surface area (Å²) in [5, 5.41) is 0. The van der Waals surface area contributed by atoms with E-state index in [0.717, 1.165) is 44.9 Å². The van der Waals surface area contributed by atoms with Crippen molar-refractivity contribution in [1.29, 1.82) is 0 Å². The molecule has 4 aromatic rings. The van der Waals surface area contributed by atoms with Gasteiger partial charge >= 0.3 is 0 Å². The topological polar surface area (TPSA) is 46.1 Å². The molecular formula is C29H29N3O. The minimum atomic E-state index is -0.179. The third-order valence-corrected chi connectivity index (χ3v) is 5.97. The first-order valence-electron chi connectivity index (χ1n) is 11.2. The molecule has 33 heavy (non-hydrogen) atoms. The first-order chi connectivity index (χ1) is 15.9. The summed E-state index contributed by atoms with van der Waals surface area (Å²) < 4.78 is 0. The number of benzene rings is 2. The highest BCUT2D eigenvalue weighted by Crippen LogP contribution is 2.26. The van der Waals surface area contributed by atoms with Gasteiger partial charge in [-0.15, -0.1) is 0 Å². The van der Waals surface area contributed by atoms with Gasteiger partial charge in [-0.2, -0.15) is 0 Å². The van der Waals surface area contributed by atoms with Crippen LogP contribution >= 0.6 is 0 Å². The van der Waals surface area contributed by atoms with E-state index >= 15 is 0 Å². The van der Waals surface area contributed by atoms with Crippen LogP contribution in [0.4, 0.5) is 5.82 Å². The molecule has 2 aromatic heterocycles. The molecule has 0 aliphatic heterocycles. The lowest BCUT2D eigenvalue weighted by Crippen LogP contribution is -2.12. The van der Waals surface area contributed by atoms with Crippen molar-refractivity contribution in [1.82, 2.24) is 9.97 Å². The largest absolute Gasteiger partial charge is 0.363 e. The number of carbonyl (C=O) groups excluding carboxylic acids is 1. The van der Waals surface area contributed by atoms with Crippen LogP contribution in [-0.4, -0.2) is 29.8 Å². The van der Waals surface area contributed by atoms with E-state index in [-0.39, 0.29) is 11.7 Å². The summed E-state index contributed by atoms with van der Waals surface area (Å²) in [4.78, 5) is 23.8. The number of ketones is 1. The smallest absolute Gasteiger partial charge is 0.144 e. The Morgan fingerprint density at radius 3 is 2.24 bits per heavy atom. The van der Waals surface area contributed by atoms with Crippen LogP contribution in [-0.2, 0) is 11.2 Å². The van der Waals surface area contributed by atoms with Crippen molar-refractivity contribution < 1.29 is 4.79 Å². The lowest BCUT2D eigenvalue weighted by Gasteiger charge is -2.14. The molecule has 2 heterocycles. The zero-order chi connectivity index (χ0) is 23.4. The second-order valence-corrected chi connectivity index (χ2v) is 8.67. The molecule has 0 spiro atoms. The third kappa shape index (κ3) is 5.35. The summed E-state index contributed by atoms with van der Waals surface area (Å²) in [6.07, 6.45) is 4.12. The van der Waals surface area contributed by atoms with Crippen LogP contribution in [0, 0.1) is 6.92 Å². The molecule has 0 saturated carbocycles. The number of carbonyl (C=O) groups is 1. The Bertz CT molecular complexity index is 1240. The van der Waals surface area contributed by atoms with Crippen LogP contribution in [0.15, 0.2) is 85.2 Å². The van der Waals surface area contributed by atoms with E-state index in [2.05, 4.69) is 46.4 Å². The van der Waals surface area contributed by atoms with E-state index in [1.165, 1.54) is 0 Å². The zero-order valence-electron chi connectivity index (χ0n) is 19.6. The van der Waals surface area contributed by atoms with Crippen molar-refractivity contribution in [3.05, 3.63) is 102 Å². The maximum atomic E-state index is 13.1. The number of aromatic nitrogens is 2. The van der Waals surface area contributed by atoms with E-state index in [1.54, 1.807) is 0 Å². The molecule has 4 heteroatoms. The van der Waals surface area contributed by atoms with Gasteiger partial charge in [0, 0.05) is 50.1 Å². The lowest BCUT2D eigenvalue weighted by molar-refractivity contribution is -0.119. The van der Waals surface area contributed by atoms with Crippen molar-refractivity contribution in [3.8, 4) is 22.3 Å². The fourth-order valence-electron chi connectivity index (χ4n) is 3.89. The van der Waals surface area contributed by atoms with Crippen LogP contribution in [0.1, 0.15) is 29.7 Å². The Morgan fingerprint density at radius 1 is 0.848 bits per heavy atom. The van der Waals surface area contributed by atoms with E-state index in [1.807, 2.05) is 81.6 Å². The first kappa shape index (κ1) is 22.4. The number of Topliss-reactive ketones (excluding diaryl/α,β-unsaturated/α-hetero) is 1. The minimum absolute atomic E-state index is 0.179. The molecule has 0 aliphatic rings. The number of rotatable bonds is 7. The highest BCUT2D eigenvalue weighted by atomic mass is 16.1. The Kier molecular flexibility index (Phi) is 6.64. The van der Waals surface area contributed by atoms with Gasteiger partial charge in [0.1, 0.15) is 11.6 Å². The summed E-state index contributed by atoms with van der Waals surface area (Å²) in [7, 11) is 3.95. The summed E-state index contributed by atoms with van der Waals surface area (Å²) >= 11 is 0. The van der Waals surface area contributed by atoms with Gasteiger partial charge in [-0.3, -0.25) is 9.78 Å². The van der Waals surface area contributed by atoms with Crippen LogP contribution in [0.25, 0.3) is 22.3 Å². The van der Waals surface area contributed by atoms with Crippen LogP contribution in [0.2, 0.25) is 0 Å². The van der Waals surface area contributed by atoms with Crippen molar-refractivity contribution >= 4 is 11.6 Å². The molecule has 0 saturated heterocycles. The van der Waals surface area contributed by atoms with Gasteiger partial charge in [0.15, 0.2) is 0 Å². The predicted octanol–water partition coefficient (Wildman–Crippen LogP) is 6.10. The summed E-state index contributed by atoms with van der Waals surface area (Å²) in [6, 6.07) is 24.6. The molecule has 0 N–H and O–H groups in total. The molecule has 2 aromatic carbocycles. The number of hydrogen-bond donors (Lipinski definition) is 0. The maximum Gasteiger partial charge on any atom is 0.144 e. The molecule has 1 atom stereocenters. The lowest BCUT2D eigenvalue weighted by atomic mass is 9.90. The van der Waals surface area contributed by atoms with Gasteiger partial charge in [0.2, 0.25) is 0 Å². The zero-order valence-corrected chi connectivity index (χ0v) is 19.6. The maximum absolute atomic E-state index is 13.1. The van der Waals surface area contributed by atoms with Gasteiger partial charge in [-0.05, 0) is 59.0 Å².